The Kier molecular flexibility index (Phi) is 8.18. The van der Waals surface area contributed by atoms with E-state index in [1.165, 1.54) is 12.1 Å². The van der Waals surface area contributed by atoms with Crippen LogP contribution in [-0.2, 0) is 22.6 Å². The summed E-state index contributed by atoms with van der Waals surface area (Å²) in [6, 6.07) is 13.3. The molecule has 150 valence electrons. The van der Waals surface area contributed by atoms with Crippen LogP contribution in [0.5, 0.6) is 0 Å². The van der Waals surface area contributed by atoms with Gasteiger partial charge in [-0.3, -0.25) is 9.59 Å². The number of halogens is 1. The molecule has 2 rings (SSSR count). The van der Waals surface area contributed by atoms with Crippen molar-refractivity contribution in [3.63, 3.8) is 0 Å². The van der Waals surface area contributed by atoms with Gasteiger partial charge in [0.15, 0.2) is 0 Å². The van der Waals surface area contributed by atoms with Gasteiger partial charge in [-0.1, -0.05) is 55.8 Å². The summed E-state index contributed by atoms with van der Waals surface area (Å²) >= 11 is 0. The van der Waals surface area contributed by atoms with Crippen LogP contribution in [0.25, 0.3) is 0 Å². The predicted molar refractivity (Wildman–Crippen MR) is 109 cm³/mol. The number of aryl methyl sites for hydroxylation is 1. The molecule has 2 aromatic rings. The molecule has 0 aliphatic heterocycles. The highest BCUT2D eigenvalue weighted by Gasteiger charge is 2.28. The molecule has 0 aromatic heterocycles. The lowest BCUT2D eigenvalue weighted by atomic mass is 10.1. The number of nitrogens with zero attached hydrogens (tertiary/aromatic N) is 1. The maximum atomic E-state index is 13.3. The van der Waals surface area contributed by atoms with Crippen molar-refractivity contribution in [3.05, 3.63) is 71.0 Å². The maximum absolute atomic E-state index is 13.3. The minimum atomic E-state index is -0.561. The molecule has 5 heteroatoms. The second-order valence-electron chi connectivity index (χ2n) is 7.03. The molecule has 0 saturated heterocycles. The standard InChI is InChI=1S/C23H29FN2O2/c1-4-14-25-23(28)21(5-2)26(16-19-10-12-20(24)13-11-19)22(27)15-18-8-6-17(3)7-9-18/h6-13,21H,4-5,14-16H2,1-3H3,(H,25,28)/t21-/m1/s1. The summed E-state index contributed by atoms with van der Waals surface area (Å²) in [5.74, 6) is -0.593. The van der Waals surface area contributed by atoms with Gasteiger partial charge in [0.25, 0.3) is 0 Å². The Morgan fingerprint density at radius 3 is 2.18 bits per heavy atom. The van der Waals surface area contributed by atoms with Gasteiger partial charge in [-0.25, -0.2) is 4.39 Å². The van der Waals surface area contributed by atoms with Crippen LogP contribution in [-0.4, -0.2) is 29.3 Å². The summed E-state index contributed by atoms with van der Waals surface area (Å²) in [6.07, 6.45) is 1.56. The quantitative estimate of drug-likeness (QED) is 0.710. The van der Waals surface area contributed by atoms with Crippen LogP contribution in [0.4, 0.5) is 4.39 Å². The molecule has 1 N–H and O–H groups in total. The van der Waals surface area contributed by atoms with E-state index in [1.54, 1.807) is 17.0 Å². The first-order valence-electron chi connectivity index (χ1n) is 9.81. The minimum absolute atomic E-state index is 0.119. The molecule has 0 aliphatic carbocycles. The van der Waals surface area contributed by atoms with Gasteiger partial charge in [-0.15, -0.1) is 0 Å². The fraction of sp³-hybridized carbons (Fsp3) is 0.391. The fourth-order valence-corrected chi connectivity index (χ4v) is 3.05. The topological polar surface area (TPSA) is 49.4 Å². The predicted octanol–water partition coefficient (Wildman–Crippen LogP) is 4.01. The Hall–Kier alpha value is -2.69. The zero-order valence-electron chi connectivity index (χ0n) is 16.9. The summed E-state index contributed by atoms with van der Waals surface area (Å²) in [5.41, 5.74) is 2.83. The Bertz CT molecular complexity index is 772. The van der Waals surface area contributed by atoms with Crippen LogP contribution >= 0.6 is 0 Å². The maximum Gasteiger partial charge on any atom is 0.242 e. The molecular weight excluding hydrogens is 355 g/mol. The third-order valence-electron chi connectivity index (χ3n) is 4.68. The molecule has 0 unspecified atom stereocenters. The Labute approximate surface area is 166 Å². The van der Waals surface area contributed by atoms with Crippen molar-refractivity contribution < 1.29 is 14.0 Å². The lowest BCUT2D eigenvalue weighted by Crippen LogP contribution is -2.49. The number of hydrogen-bond donors (Lipinski definition) is 1. The number of amides is 2. The van der Waals surface area contributed by atoms with E-state index < -0.39 is 6.04 Å². The van der Waals surface area contributed by atoms with E-state index in [2.05, 4.69) is 5.32 Å². The average molecular weight is 384 g/mol. The molecule has 0 radical (unpaired) electrons. The molecule has 0 spiro atoms. The van der Waals surface area contributed by atoms with E-state index in [0.717, 1.165) is 23.1 Å². The minimum Gasteiger partial charge on any atom is -0.354 e. The second-order valence-corrected chi connectivity index (χ2v) is 7.03. The summed E-state index contributed by atoms with van der Waals surface area (Å²) in [4.78, 5) is 27.4. The molecule has 0 heterocycles. The number of nitrogens with one attached hydrogen (secondary N) is 1. The number of hydrogen-bond acceptors (Lipinski definition) is 2. The molecule has 0 bridgehead atoms. The zero-order chi connectivity index (χ0) is 20.5. The average Bonchev–Trinajstić information content (AvgIpc) is 2.69. The van der Waals surface area contributed by atoms with E-state index >= 15 is 0 Å². The molecule has 0 fully saturated rings. The van der Waals surface area contributed by atoms with Crippen LogP contribution in [0.15, 0.2) is 48.5 Å². The Balaban J connectivity index is 2.24. The van der Waals surface area contributed by atoms with Gasteiger partial charge in [0.05, 0.1) is 6.42 Å². The van der Waals surface area contributed by atoms with Gasteiger partial charge in [-0.05, 0) is 43.0 Å². The largest absolute Gasteiger partial charge is 0.354 e. The van der Waals surface area contributed by atoms with E-state index in [-0.39, 0.29) is 30.6 Å². The SMILES string of the molecule is CCCNC(=O)[C@@H](CC)N(Cc1ccc(F)cc1)C(=O)Cc1ccc(C)cc1. The lowest BCUT2D eigenvalue weighted by Gasteiger charge is -2.30. The summed E-state index contributed by atoms with van der Waals surface area (Å²) in [5, 5.41) is 2.89. The van der Waals surface area contributed by atoms with E-state index in [4.69, 9.17) is 0 Å². The summed E-state index contributed by atoms with van der Waals surface area (Å²) < 4.78 is 13.3. The van der Waals surface area contributed by atoms with Crippen LogP contribution in [0.3, 0.4) is 0 Å². The first kappa shape index (κ1) is 21.6. The normalized spacial score (nSPS) is 11.7. The third kappa shape index (κ3) is 6.19. The monoisotopic (exact) mass is 384 g/mol. The molecule has 1 atom stereocenters. The van der Waals surface area contributed by atoms with Crippen molar-refractivity contribution in [2.75, 3.05) is 6.54 Å². The number of carbonyl (C=O) groups is 2. The fourth-order valence-electron chi connectivity index (χ4n) is 3.05. The van der Waals surface area contributed by atoms with Crippen LogP contribution in [0.2, 0.25) is 0 Å². The molecule has 2 amide bonds. The number of rotatable bonds is 9. The van der Waals surface area contributed by atoms with Crippen molar-refractivity contribution in [2.45, 2.75) is 52.6 Å². The zero-order valence-corrected chi connectivity index (χ0v) is 16.9. The highest BCUT2D eigenvalue weighted by Crippen LogP contribution is 2.15. The molecule has 28 heavy (non-hydrogen) atoms. The number of carbonyl (C=O) groups excluding carboxylic acids is 2. The van der Waals surface area contributed by atoms with Crippen molar-refractivity contribution in [1.82, 2.24) is 10.2 Å². The van der Waals surface area contributed by atoms with Gasteiger partial charge in [0.1, 0.15) is 11.9 Å². The second kappa shape index (κ2) is 10.6. The van der Waals surface area contributed by atoms with E-state index in [1.807, 2.05) is 45.0 Å². The van der Waals surface area contributed by atoms with Gasteiger partial charge in [-0.2, -0.15) is 0 Å². The smallest absolute Gasteiger partial charge is 0.242 e. The highest BCUT2D eigenvalue weighted by molar-refractivity contribution is 5.88. The van der Waals surface area contributed by atoms with E-state index in [9.17, 15) is 14.0 Å². The van der Waals surface area contributed by atoms with Crippen LogP contribution in [0, 0.1) is 12.7 Å². The van der Waals surface area contributed by atoms with Crippen LogP contribution < -0.4 is 5.32 Å². The van der Waals surface area contributed by atoms with Gasteiger partial charge >= 0.3 is 0 Å². The lowest BCUT2D eigenvalue weighted by molar-refractivity contribution is -0.140. The third-order valence-corrected chi connectivity index (χ3v) is 4.68. The highest BCUT2D eigenvalue weighted by atomic mass is 19.1. The van der Waals surface area contributed by atoms with Crippen molar-refractivity contribution >= 4 is 11.8 Å². The summed E-state index contributed by atoms with van der Waals surface area (Å²) in [7, 11) is 0. The first-order chi connectivity index (χ1) is 13.4. The molecule has 0 aliphatic rings. The van der Waals surface area contributed by atoms with E-state index in [0.29, 0.717) is 13.0 Å². The molecule has 4 nitrogen and oxygen atoms in total. The number of benzene rings is 2. The van der Waals surface area contributed by atoms with Crippen LogP contribution in [0.1, 0.15) is 43.4 Å². The van der Waals surface area contributed by atoms with Crippen molar-refractivity contribution in [2.24, 2.45) is 0 Å². The Morgan fingerprint density at radius 1 is 1.00 bits per heavy atom. The van der Waals surface area contributed by atoms with Gasteiger partial charge in [0, 0.05) is 13.1 Å². The van der Waals surface area contributed by atoms with Crippen molar-refractivity contribution in [1.29, 1.82) is 0 Å². The molecule has 0 saturated carbocycles. The molecule has 2 aromatic carbocycles. The van der Waals surface area contributed by atoms with Crippen molar-refractivity contribution in [3.8, 4) is 0 Å². The summed E-state index contributed by atoms with van der Waals surface area (Å²) in [6.45, 7) is 6.72. The molecular formula is C23H29FN2O2. The van der Waals surface area contributed by atoms with Gasteiger partial charge in [0.2, 0.25) is 11.8 Å². The Morgan fingerprint density at radius 2 is 1.61 bits per heavy atom. The first-order valence-corrected chi connectivity index (χ1v) is 9.81. The van der Waals surface area contributed by atoms with Gasteiger partial charge < -0.3 is 10.2 Å².